The lowest BCUT2D eigenvalue weighted by atomic mass is 10.3. The van der Waals surface area contributed by atoms with Crippen molar-refractivity contribution < 1.29 is 4.74 Å². The molecule has 0 radical (unpaired) electrons. The van der Waals surface area contributed by atoms with Gasteiger partial charge in [-0.25, -0.2) is 9.97 Å². The van der Waals surface area contributed by atoms with E-state index in [9.17, 15) is 0 Å². The van der Waals surface area contributed by atoms with Gasteiger partial charge in [0.2, 0.25) is 0 Å². The Morgan fingerprint density at radius 1 is 1.50 bits per heavy atom. The topological polar surface area (TPSA) is 38.2 Å². The lowest BCUT2D eigenvalue weighted by molar-refractivity contribution is 0.119. The van der Waals surface area contributed by atoms with Crippen LogP contribution in [0.2, 0.25) is 0 Å². The van der Waals surface area contributed by atoms with E-state index < -0.39 is 0 Å². The smallest absolute Gasteiger partial charge is 0.128 e. The van der Waals surface area contributed by atoms with Gasteiger partial charge in [-0.15, -0.1) is 11.3 Å². The summed E-state index contributed by atoms with van der Waals surface area (Å²) < 4.78 is 6.31. The Bertz CT molecular complexity index is 588. The molecule has 0 spiro atoms. The largest absolute Gasteiger partial charge is 0.375 e. The summed E-state index contributed by atoms with van der Waals surface area (Å²) >= 11 is 5.10. The first-order valence-corrected chi connectivity index (χ1v) is 7.99. The van der Waals surface area contributed by atoms with Crippen molar-refractivity contribution >= 4 is 33.1 Å². The van der Waals surface area contributed by atoms with Gasteiger partial charge in [-0.05, 0) is 41.4 Å². The summed E-state index contributed by atoms with van der Waals surface area (Å²) in [7, 11) is 3.72. The summed E-state index contributed by atoms with van der Waals surface area (Å²) in [4.78, 5) is 11.1. The van der Waals surface area contributed by atoms with Gasteiger partial charge in [0.05, 0.1) is 12.2 Å². The van der Waals surface area contributed by atoms with Crippen molar-refractivity contribution in [1.82, 2.24) is 9.97 Å². The number of hydrogen-bond donors (Lipinski definition) is 0. The molecule has 108 valence electrons. The number of anilines is 1. The van der Waals surface area contributed by atoms with Crippen molar-refractivity contribution in [1.29, 1.82) is 0 Å². The standard InChI is InChI=1S/C14H18BrN3OS/c1-9-5-13(16-6-12(9)15)18(3)7-11-8-20-14(17-11)10(2)19-4/h5-6,8,10H,7H2,1-4H3. The fourth-order valence-electron chi connectivity index (χ4n) is 1.74. The number of nitrogens with zero attached hydrogens (tertiary/aromatic N) is 3. The zero-order valence-corrected chi connectivity index (χ0v) is 14.5. The molecule has 2 aromatic rings. The van der Waals surface area contributed by atoms with Gasteiger partial charge in [0.25, 0.3) is 0 Å². The number of thiazole rings is 1. The first-order valence-electron chi connectivity index (χ1n) is 6.31. The van der Waals surface area contributed by atoms with Crippen molar-refractivity contribution in [3.63, 3.8) is 0 Å². The first-order chi connectivity index (χ1) is 9.51. The lowest BCUT2D eigenvalue weighted by Crippen LogP contribution is -2.18. The van der Waals surface area contributed by atoms with Gasteiger partial charge in [-0.3, -0.25) is 0 Å². The van der Waals surface area contributed by atoms with Gasteiger partial charge in [0.1, 0.15) is 16.9 Å². The Balaban J connectivity index is 2.09. The van der Waals surface area contributed by atoms with E-state index in [1.807, 2.05) is 20.2 Å². The number of rotatable bonds is 5. The number of aromatic nitrogens is 2. The molecular formula is C14H18BrN3OS. The Kier molecular flexibility index (Phi) is 5.12. The minimum absolute atomic E-state index is 0.0482. The SMILES string of the molecule is COC(C)c1nc(CN(C)c2cc(C)c(Br)cn2)cs1. The van der Waals surface area contributed by atoms with Crippen molar-refractivity contribution in [3.8, 4) is 0 Å². The highest BCUT2D eigenvalue weighted by atomic mass is 79.9. The Morgan fingerprint density at radius 3 is 2.90 bits per heavy atom. The number of ether oxygens (including phenoxy) is 1. The van der Waals surface area contributed by atoms with Gasteiger partial charge < -0.3 is 9.64 Å². The molecule has 2 rings (SSSR count). The molecule has 0 aliphatic heterocycles. The van der Waals surface area contributed by atoms with Crippen LogP contribution in [0.4, 0.5) is 5.82 Å². The molecule has 4 nitrogen and oxygen atoms in total. The lowest BCUT2D eigenvalue weighted by Gasteiger charge is -2.17. The molecule has 2 aromatic heterocycles. The van der Waals surface area contributed by atoms with E-state index in [0.29, 0.717) is 0 Å². The molecule has 0 bridgehead atoms. The van der Waals surface area contributed by atoms with Crippen LogP contribution >= 0.6 is 27.3 Å². The Morgan fingerprint density at radius 2 is 2.25 bits per heavy atom. The number of halogens is 1. The van der Waals surface area contributed by atoms with E-state index >= 15 is 0 Å². The monoisotopic (exact) mass is 355 g/mol. The first kappa shape index (κ1) is 15.4. The predicted octanol–water partition coefficient (Wildman–Crippen LogP) is 3.95. The number of pyridine rings is 1. The van der Waals surface area contributed by atoms with Gasteiger partial charge in [-0.1, -0.05) is 0 Å². The summed E-state index contributed by atoms with van der Waals surface area (Å²) in [6.07, 6.45) is 1.88. The maximum absolute atomic E-state index is 5.28. The third-order valence-electron chi connectivity index (χ3n) is 3.09. The molecule has 0 aliphatic carbocycles. The zero-order valence-electron chi connectivity index (χ0n) is 12.1. The molecule has 0 fully saturated rings. The predicted molar refractivity (Wildman–Crippen MR) is 86.3 cm³/mol. The second kappa shape index (κ2) is 6.65. The number of methoxy groups -OCH3 is 1. The number of aryl methyl sites for hydroxylation is 1. The average Bonchev–Trinajstić information content (AvgIpc) is 2.89. The van der Waals surface area contributed by atoms with Crippen LogP contribution in [-0.4, -0.2) is 24.1 Å². The third-order valence-corrected chi connectivity index (χ3v) is 4.98. The zero-order chi connectivity index (χ0) is 14.7. The molecule has 0 aromatic carbocycles. The van der Waals surface area contributed by atoms with Crippen LogP contribution in [0.25, 0.3) is 0 Å². The van der Waals surface area contributed by atoms with Crippen molar-refractivity contribution in [3.05, 3.63) is 38.4 Å². The molecule has 2 heterocycles. The van der Waals surface area contributed by atoms with Crippen molar-refractivity contribution in [2.45, 2.75) is 26.5 Å². The molecule has 0 saturated heterocycles. The summed E-state index contributed by atoms with van der Waals surface area (Å²) in [6.45, 7) is 4.80. The maximum atomic E-state index is 5.28. The second-order valence-corrected chi connectivity index (χ2v) is 6.45. The van der Waals surface area contributed by atoms with Crippen LogP contribution in [0, 0.1) is 6.92 Å². The fourth-order valence-corrected chi connectivity index (χ4v) is 2.80. The van der Waals surface area contributed by atoms with Crippen LogP contribution < -0.4 is 4.90 Å². The molecule has 0 N–H and O–H groups in total. The maximum Gasteiger partial charge on any atom is 0.128 e. The molecule has 20 heavy (non-hydrogen) atoms. The van der Waals surface area contributed by atoms with Gasteiger partial charge in [0.15, 0.2) is 0 Å². The highest BCUT2D eigenvalue weighted by Gasteiger charge is 2.12. The van der Waals surface area contributed by atoms with Crippen LogP contribution in [0.5, 0.6) is 0 Å². The molecule has 0 saturated carbocycles. The Hall–Kier alpha value is -0.980. The van der Waals surface area contributed by atoms with E-state index in [4.69, 9.17) is 4.74 Å². The average molecular weight is 356 g/mol. The summed E-state index contributed by atoms with van der Waals surface area (Å²) in [5, 5.41) is 3.09. The molecule has 0 aliphatic rings. The van der Waals surface area contributed by atoms with Gasteiger partial charge in [0, 0.05) is 30.2 Å². The summed E-state index contributed by atoms with van der Waals surface area (Å²) in [5.74, 6) is 0.944. The highest BCUT2D eigenvalue weighted by molar-refractivity contribution is 9.10. The normalized spacial score (nSPS) is 12.4. The van der Waals surface area contributed by atoms with Gasteiger partial charge >= 0.3 is 0 Å². The van der Waals surface area contributed by atoms with Crippen LogP contribution in [0.15, 0.2) is 22.1 Å². The third kappa shape index (κ3) is 3.56. The van der Waals surface area contributed by atoms with E-state index in [2.05, 4.69) is 49.2 Å². The summed E-state index contributed by atoms with van der Waals surface area (Å²) in [5.41, 5.74) is 2.22. The molecular weight excluding hydrogens is 338 g/mol. The van der Waals surface area contributed by atoms with Crippen LogP contribution in [-0.2, 0) is 11.3 Å². The van der Waals surface area contributed by atoms with Crippen LogP contribution in [0.1, 0.15) is 29.3 Å². The molecule has 1 atom stereocenters. The second-order valence-electron chi connectivity index (χ2n) is 4.70. The van der Waals surface area contributed by atoms with E-state index in [-0.39, 0.29) is 6.10 Å². The van der Waals surface area contributed by atoms with E-state index in [0.717, 1.165) is 27.5 Å². The van der Waals surface area contributed by atoms with Crippen molar-refractivity contribution in [2.24, 2.45) is 0 Å². The fraction of sp³-hybridized carbons (Fsp3) is 0.429. The quantitative estimate of drug-likeness (QED) is 0.813. The summed E-state index contributed by atoms with van der Waals surface area (Å²) in [6, 6.07) is 2.06. The molecule has 1 unspecified atom stereocenters. The number of hydrogen-bond acceptors (Lipinski definition) is 5. The van der Waals surface area contributed by atoms with Gasteiger partial charge in [-0.2, -0.15) is 0 Å². The Labute approximate surface area is 131 Å². The molecule has 0 amide bonds. The van der Waals surface area contributed by atoms with E-state index in [1.54, 1.807) is 18.4 Å². The minimum atomic E-state index is 0.0482. The van der Waals surface area contributed by atoms with Crippen molar-refractivity contribution in [2.75, 3.05) is 19.1 Å². The molecule has 6 heteroatoms. The van der Waals surface area contributed by atoms with Crippen LogP contribution in [0.3, 0.4) is 0 Å². The minimum Gasteiger partial charge on any atom is -0.375 e. The highest BCUT2D eigenvalue weighted by Crippen LogP contribution is 2.23. The van der Waals surface area contributed by atoms with E-state index in [1.165, 1.54) is 5.56 Å².